The van der Waals surface area contributed by atoms with Gasteiger partial charge < -0.3 is 10.2 Å². The molecule has 1 N–H and O–H groups in total. The number of rotatable bonds is 7. The summed E-state index contributed by atoms with van der Waals surface area (Å²) in [4.78, 5) is 32.5. The predicted molar refractivity (Wildman–Crippen MR) is 114 cm³/mol. The van der Waals surface area contributed by atoms with Gasteiger partial charge in [-0.05, 0) is 43.4 Å². The second kappa shape index (κ2) is 9.14. The lowest BCUT2D eigenvalue weighted by Gasteiger charge is -2.21. The van der Waals surface area contributed by atoms with Gasteiger partial charge in [-0.2, -0.15) is 0 Å². The molecule has 28 heavy (non-hydrogen) atoms. The van der Waals surface area contributed by atoms with E-state index in [1.165, 1.54) is 0 Å². The van der Waals surface area contributed by atoms with E-state index in [1.807, 2.05) is 24.3 Å². The highest BCUT2D eigenvalue weighted by molar-refractivity contribution is 7.18. The van der Waals surface area contributed by atoms with Crippen molar-refractivity contribution in [2.45, 2.75) is 6.54 Å². The van der Waals surface area contributed by atoms with Crippen LogP contribution in [0.2, 0.25) is 5.02 Å². The second-order valence-electron chi connectivity index (χ2n) is 6.55. The van der Waals surface area contributed by atoms with Crippen LogP contribution >= 0.6 is 22.9 Å². The lowest BCUT2D eigenvalue weighted by Crippen LogP contribution is -2.39. The Morgan fingerprint density at radius 2 is 1.79 bits per heavy atom. The van der Waals surface area contributed by atoms with E-state index in [4.69, 9.17) is 11.6 Å². The van der Waals surface area contributed by atoms with Gasteiger partial charge in [0.2, 0.25) is 11.8 Å². The number of carbonyl (C=O) groups is 2. The number of nitrogens with zero attached hydrogens (tertiary/aromatic N) is 3. The maximum atomic E-state index is 12.5. The van der Waals surface area contributed by atoms with Crippen LogP contribution in [0.1, 0.15) is 5.01 Å². The lowest BCUT2D eigenvalue weighted by molar-refractivity contribution is -0.131. The van der Waals surface area contributed by atoms with Crippen molar-refractivity contribution in [1.29, 1.82) is 0 Å². The summed E-state index contributed by atoms with van der Waals surface area (Å²) < 4.78 is 1.11. The number of benzene rings is 2. The van der Waals surface area contributed by atoms with Gasteiger partial charge in [-0.1, -0.05) is 23.7 Å². The Balaban J connectivity index is 1.48. The van der Waals surface area contributed by atoms with E-state index in [0.29, 0.717) is 17.3 Å². The number of thiazole rings is 1. The van der Waals surface area contributed by atoms with E-state index in [0.717, 1.165) is 15.2 Å². The van der Waals surface area contributed by atoms with E-state index >= 15 is 0 Å². The number of likely N-dealkylation sites (N-methyl/N-ethyl adjacent to an activating group) is 2. The first-order valence-corrected chi connectivity index (χ1v) is 9.92. The molecule has 1 aromatic heterocycles. The third-order valence-corrected chi connectivity index (χ3v) is 5.36. The number of carbonyl (C=O) groups excluding carboxylic acids is 2. The topological polar surface area (TPSA) is 65.5 Å². The van der Waals surface area contributed by atoms with Crippen LogP contribution < -0.4 is 5.32 Å². The average molecular weight is 417 g/mol. The van der Waals surface area contributed by atoms with Gasteiger partial charge in [0.25, 0.3) is 0 Å². The Labute approximate surface area is 172 Å². The van der Waals surface area contributed by atoms with E-state index in [2.05, 4.69) is 10.3 Å². The number of hydrogen-bond acceptors (Lipinski definition) is 5. The SMILES string of the molecule is CN(CC(=O)Nc1ccc(Cl)cc1)CC(=O)N(C)Cc1nc2ccccc2s1. The Morgan fingerprint density at radius 1 is 1.07 bits per heavy atom. The molecule has 0 unspecified atom stereocenters. The molecule has 0 aliphatic carbocycles. The zero-order valence-corrected chi connectivity index (χ0v) is 17.3. The molecule has 2 amide bonds. The Hall–Kier alpha value is -2.48. The Bertz CT molecular complexity index is 941. The molecule has 3 aromatic rings. The van der Waals surface area contributed by atoms with E-state index in [1.54, 1.807) is 59.5 Å². The van der Waals surface area contributed by atoms with Crippen molar-refractivity contribution in [3.63, 3.8) is 0 Å². The summed E-state index contributed by atoms with van der Waals surface area (Å²) in [6.07, 6.45) is 0. The number of anilines is 1. The standard InChI is InChI=1S/C20H21ClN4O2S/c1-24(11-18(26)22-15-9-7-14(21)8-10-15)13-20(27)25(2)12-19-23-16-5-3-4-6-17(16)28-19/h3-10H,11-13H2,1-2H3,(H,22,26). The van der Waals surface area contributed by atoms with Crippen LogP contribution in [0, 0.1) is 0 Å². The van der Waals surface area contributed by atoms with Crippen LogP contribution in [-0.4, -0.2) is 53.8 Å². The summed E-state index contributed by atoms with van der Waals surface area (Å²) in [6, 6.07) is 14.8. The molecule has 6 nitrogen and oxygen atoms in total. The maximum Gasteiger partial charge on any atom is 0.238 e. The summed E-state index contributed by atoms with van der Waals surface area (Å²) in [7, 11) is 3.49. The fourth-order valence-corrected chi connectivity index (χ4v) is 3.81. The van der Waals surface area contributed by atoms with E-state index in [9.17, 15) is 9.59 Å². The predicted octanol–water partition coefficient (Wildman–Crippen LogP) is 3.48. The summed E-state index contributed by atoms with van der Waals surface area (Å²) in [5.74, 6) is -0.257. The molecule has 146 valence electrons. The largest absolute Gasteiger partial charge is 0.338 e. The molecule has 0 saturated heterocycles. The molecule has 8 heteroatoms. The van der Waals surface area contributed by atoms with Crippen molar-refractivity contribution in [2.24, 2.45) is 0 Å². The average Bonchev–Trinajstić information content (AvgIpc) is 3.05. The van der Waals surface area contributed by atoms with Gasteiger partial charge >= 0.3 is 0 Å². The van der Waals surface area contributed by atoms with Gasteiger partial charge in [-0.25, -0.2) is 4.98 Å². The quantitative estimate of drug-likeness (QED) is 0.640. The molecule has 0 saturated carbocycles. The minimum Gasteiger partial charge on any atom is -0.338 e. The summed E-state index contributed by atoms with van der Waals surface area (Å²) in [5.41, 5.74) is 1.61. The van der Waals surface area contributed by atoms with Gasteiger partial charge in [0, 0.05) is 17.8 Å². The monoisotopic (exact) mass is 416 g/mol. The van der Waals surface area contributed by atoms with Crippen LogP contribution in [0.3, 0.4) is 0 Å². The molecular weight excluding hydrogens is 396 g/mol. The van der Waals surface area contributed by atoms with Crippen LogP contribution in [0.5, 0.6) is 0 Å². The minimum absolute atomic E-state index is 0.0685. The zero-order valence-electron chi connectivity index (χ0n) is 15.7. The first kappa shape index (κ1) is 20.3. The molecule has 3 rings (SSSR count). The van der Waals surface area contributed by atoms with Crippen molar-refractivity contribution in [2.75, 3.05) is 32.5 Å². The molecule has 0 atom stereocenters. The molecule has 0 radical (unpaired) electrons. The zero-order chi connectivity index (χ0) is 20.1. The van der Waals surface area contributed by atoms with Crippen molar-refractivity contribution in [3.05, 3.63) is 58.6 Å². The smallest absolute Gasteiger partial charge is 0.238 e. The first-order valence-electron chi connectivity index (χ1n) is 8.73. The number of fused-ring (bicyclic) bond motifs is 1. The Kier molecular flexibility index (Phi) is 6.61. The molecule has 2 aromatic carbocycles. The van der Waals surface area contributed by atoms with Gasteiger partial charge in [0.15, 0.2) is 0 Å². The highest BCUT2D eigenvalue weighted by Gasteiger charge is 2.16. The van der Waals surface area contributed by atoms with Gasteiger partial charge in [0.1, 0.15) is 5.01 Å². The van der Waals surface area contributed by atoms with Crippen LogP contribution in [-0.2, 0) is 16.1 Å². The third kappa shape index (κ3) is 5.51. The van der Waals surface area contributed by atoms with Crippen LogP contribution in [0.25, 0.3) is 10.2 Å². The van der Waals surface area contributed by atoms with Gasteiger partial charge in [-0.15, -0.1) is 11.3 Å². The fraction of sp³-hybridized carbons (Fsp3) is 0.250. The number of para-hydroxylation sites is 1. The Morgan fingerprint density at radius 3 is 2.50 bits per heavy atom. The summed E-state index contributed by atoms with van der Waals surface area (Å²) in [5, 5.41) is 4.28. The number of hydrogen-bond donors (Lipinski definition) is 1. The molecule has 0 bridgehead atoms. The lowest BCUT2D eigenvalue weighted by atomic mass is 10.3. The van der Waals surface area contributed by atoms with Crippen molar-refractivity contribution >= 4 is 50.7 Å². The minimum atomic E-state index is -0.188. The normalized spacial score (nSPS) is 11.0. The van der Waals surface area contributed by atoms with Crippen LogP contribution in [0.4, 0.5) is 5.69 Å². The second-order valence-corrected chi connectivity index (χ2v) is 8.10. The van der Waals surface area contributed by atoms with Crippen molar-refractivity contribution in [3.8, 4) is 0 Å². The number of aromatic nitrogens is 1. The number of nitrogens with one attached hydrogen (secondary N) is 1. The van der Waals surface area contributed by atoms with E-state index < -0.39 is 0 Å². The highest BCUT2D eigenvalue weighted by Crippen LogP contribution is 2.22. The van der Waals surface area contributed by atoms with Gasteiger partial charge in [-0.3, -0.25) is 14.5 Å². The maximum absolute atomic E-state index is 12.5. The molecule has 0 aliphatic heterocycles. The fourth-order valence-electron chi connectivity index (χ4n) is 2.67. The molecule has 0 aliphatic rings. The number of halogens is 1. The third-order valence-electron chi connectivity index (χ3n) is 4.08. The molecule has 1 heterocycles. The first-order chi connectivity index (χ1) is 13.4. The molecule has 0 spiro atoms. The molecule has 0 fully saturated rings. The van der Waals surface area contributed by atoms with Crippen LogP contribution in [0.15, 0.2) is 48.5 Å². The highest BCUT2D eigenvalue weighted by atomic mass is 35.5. The van der Waals surface area contributed by atoms with Gasteiger partial charge in [0.05, 0.1) is 29.9 Å². The molecular formula is C20H21ClN4O2S. The number of amides is 2. The van der Waals surface area contributed by atoms with E-state index in [-0.39, 0.29) is 24.9 Å². The van der Waals surface area contributed by atoms with Crippen molar-refractivity contribution < 1.29 is 9.59 Å². The summed E-state index contributed by atoms with van der Waals surface area (Å²) >= 11 is 7.42. The summed E-state index contributed by atoms with van der Waals surface area (Å²) in [6.45, 7) is 0.710. The van der Waals surface area contributed by atoms with Crippen molar-refractivity contribution in [1.82, 2.24) is 14.8 Å².